The van der Waals surface area contributed by atoms with Gasteiger partial charge in [-0.2, -0.15) is 5.10 Å². The molecule has 2 bridgehead atoms. The van der Waals surface area contributed by atoms with E-state index in [-0.39, 0.29) is 0 Å². The summed E-state index contributed by atoms with van der Waals surface area (Å²) in [5.41, 5.74) is 3.52. The predicted molar refractivity (Wildman–Crippen MR) is 129 cm³/mol. The lowest BCUT2D eigenvalue weighted by atomic mass is 9.74. The lowest BCUT2D eigenvalue weighted by molar-refractivity contribution is 0.0303. The van der Waals surface area contributed by atoms with Crippen LogP contribution in [0.25, 0.3) is 11.3 Å². The lowest BCUT2D eigenvalue weighted by Crippen LogP contribution is -2.56. The molecule has 0 amide bonds. The smallest absolute Gasteiger partial charge is 0.166 e. The van der Waals surface area contributed by atoms with Crippen molar-refractivity contribution in [3.05, 3.63) is 36.0 Å². The molecule has 4 atom stereocenters. The van der Waals surface area contributed by atoms with E-state index in [4.69, 9.17) is 22.1 Å². The minimum absolute atomic E-state index is 0.542. The second-order valence-corrected chi connectivity index (χ2v) is 9.74. The molecule has 0 spiro atoms. The van der Waals surface area contributed by atoms with Gasteiger partial charge in [0.15, 0.2) is 5.11 Å². The lowest BCUT2D eigenvalue weighted by Gasteiger charge is -2.50. The highest BCUT2D eigenvalue weighted by Crippen LogP contribution is 2.42. The Kier molecular flexibility index (Phi) is 6.82. The maximum absolute atomic E-state index is 5.45. The van der Waals surface area contributed by atoms with Gasteiger partial charge in [-0.1, -0.05) is 13.8 Å². The molecule has 0 radical (unpaired) electrons. The number of piperidine rings is 3. The number of hydrogen-bond acceptors (Lipinski definition) is 4. The first kappa shape index (κ1) is 22.1. The molecule has 5 rings (SSSR count). The van der Waals surface area contributed by atoms with Gasteiger partial charge < -0.3 is 15.4 Å². The topological polar surface area (TPSA) is 54.4 Å². The number of ether oxygens (including phenoxy) is 1. The van der Waals surface area contributed by atoms with Crippen molar-refractivity contribution in [2.45, 2.75) is 38.6 Å². The van der Waals surface area contributed by atoms with Crippen LogP contribution in [0.4, 0.5) is 0 Å². The first-order valence-corrected chi connectivity index (χ1v) is 11.8. The van der Waals surface area contributed by atoms with E-state index in [2.05, 4.69) is 59.3 Å². The van der Waals surface area contributed by atoms with E-state index in [1.54, 1.807) is 7.11 Å². The SMILES string of the molecule is COc1ccc(-c2cc([C@H]3CN4CC[C@@H]3C[C@@H]4CNC(=S)NCC(C)C)n(C)n2)cc1. The van der Waals surface area contributed by atoms with Gasteiger partial charge in [0.25, 0.3) is 0 Å². The Labute approximate surface area is 191 Å². The number of nitrogens with zero attached hydrogens (tertiary/aromatic N) is 3. The molecule has 4 heterocycles. The normalized spacial score (nSPS) is 24.9. The Morgan fingerprint density at radius 3 is 2.68 bits per heavy atom. The fourth-order valence-electron chi connectivity index (χ4n) is 4.99. The molecule has 168 valence electrons. The van der Waals surface area contributed by atoms with E-state index >= 15 is 0 Å². The molecular formula is C24H35N5OS. The van der Waals surface area contributed by atoms with Crippen LogP contribution in [-0.4, -0.2) is 59.1 Å². The highest BCUT2D eigenvalue weighted by atomic mass is 32.1. The van der Waals surface area contributed by atoms with E-state index in [1.807, 2.05) is 12.1 Å². The van der Waals surface area contributed by atoms with E-state index in [1.165, 1.54) is 25.1 Å². The number of fused-ring (bicyclic) bond motifs is 3. The van der Waals surface area contributed by atoms with Gasteiger partial charge in [0.1, 0.15) is 5.75 Å². The average Bonchev–Trinajstić information content (AvgIpc) is 3.18. The molecule has 31 heavy (non-hydrogen) atoms. The molecule has 1 aromatic carbocycles. The number of aryl methyl sites for hydroxylation is 1. The van der Waals surface area contributed by atoms with Crippen molar-refractivity contribution in [3.8, 4) is 17.0 Å². The Morgan fingerprint density at radius 1 is 1.26 bits per heavy atom. The molecule has 7 heteroatoms. The molecular weight excluding hydrogens is 406 g/mol. The van der Waals surface area contributed by atoms with E-state index in [0.29, 0.717) is 23.8 Å². The first-order chi connectivity index (χ1) is 14.9. The van der Waals surface area contributed by atoms with Gasteiger partial charge in [-0.3, -0.25) is 9.58 Å². The van der Waals surface area contributed by atoms with Crippen LogP contribution in [0.15, 0.2) is 30.3 Å². The number of aromatic nitrogens is 2. The Balaban J connectivity index is 1.39. The van der Waals surface area contributed by atoms with Crippen LogP contribution in [0.3, 0.4) is 0 Å². The Morgan fingerprint density at radius 2 is 2.03 bits per heavy atom. The van der Waals surface area contributed by atoms with Gasteiger partial charge in [-0.05, 0) is 73.8 Å². The summed E-state index contributed by atoms with van der Waals surface area (Å²) in [6.07, 6.45) is 2.48. The van der Waals surface area contributed by atoms with Crippen LogP contribution < -0.4 is 15.4 Å². The summed E-state index contributed by atoms with van der Waals surface area (Å²) in [6.45, 7) is 8.52. The van der Waals surface area contributed by atoms with Gasteiger partial charge in [-0.25, -0.2) is 0 Å². The van der Waals surface area contributed by atoms with Crippen molar-refractivity contribution in [1.82, 2.24) is 25.3 Å². The van der Waals surface area contributed by atoms with E-state index < -0.39 is 0 Å². The third kappa shape index (κ3) is 5.04. The second-order valence-electron chi connectivity index (χ2n) is 9.33. The number of benzene rings is 1. The van der Waals surface area contributed by atoms with Crippen LogP contribution in [-0.2, 0) is 7.05 Å². The molecule has 0 aliphatic carbocycles. The monoisotopic (exact) mass is 441 g/mol. The average molecular weight is 442 g/mol. The Hall–Kier alpha value is -2.12. The summed E-state index contributed by atoms with van der Waals surface area (Å²) in [6, 6.07) is 11.0. The van der Waals surface area contributed by atoms with Gasteiger partial charge >= 0.3 is 0 Å². The second kappa shape index (κ2) is 9.57. The molecule has 1 unspecified atom stereocenters. The molecule has 3 aliphatic heterocycles. The standard InChI is InChI=1S/C24H35N5OS/c1-16(2)13-25-24(31)26-14-19-11-18-9-10-29(19)15-21(18)23-12-22(27-28(23)3)17-5-7-20(30-4)8-6-17/h5-8,12,16,18-19,21H,9-11,13-15H2,1-4H3,(H2,25,26,31)/t18-,19-,21+/m1/s1. The maximum Gasteiger partial charge on any atom is 0.166 e. The van der Waals surface area contributed by atoms with Crippen molar-refractivity contribution >= 4 is 17.3 Å². The van der Waals surface area contributed by atoms with Gasteiger partial charge in [0, 0.05) is 49.9 Å². The van der Waals surface area contributed by atoms with Crippen LogP contribution >= 0.6 is 12.2 Å². The van der Waals surface area contributed by atoms with Gasteiger partial charge in [-0.15, -0.1) is 0 Å². The predicted octanol–water partition coefficient (Wildman–Crippen LogP) is 3.39. The summed E-state index contributed by atoms with van der Waals surface area (Å²) in [7, 11) is 3.78. The minimum Gasteiger partial charge on any atom is -0.497 e. The van der Waals surface area contributed by atoms with Crippen LogP contribution in [0.2, 0.25) is 0 Å². The van der Waals surface area contributed by atoms with E-state index in [0.717, 1.165) is 41.8 Å². The van der Waals surface area contributed by atoms with Crippen LogP contribution in [0, 0.1) is 11.8 Å². The summed E-state index contributed by atoms with van der Waals surface area (Å²) in [5, 5.41) is 12.4. The quantitative estimate of drug-likeness (QED) is 0.643. The van der Waals surface area contributed by atoms with Crippen molar-refractivity contribution in [1.29, 1.82) is 0 Å². The van der Waals surface area contributed by atoms with Gasteiger partial charge in [0.2, 0.25) is 0 Å². The van der Waals surface area contributed by atoms with Crippen molar-refractivity contribution in [2.75, 3.05) is 33.3 Å². The third-order valence-corrected chi connectivity index (χ3v) is 7.02. The molecule has 3 aliphatic rings. The largest absolute Gasteiger partial charge is 0.497 e. The zero-order valence-electron chi connectivity index (χ0n) is 19.1. The van der Waals surface area contributed by atoms with Gasteiger partial charge in [0.05, 0.1) is 12.8 Å². The molecule has 1 aromatic heterocycles. The number of methoxy groups -OCH3 is 1. The summed E-state index contributed by atoms with van der Waals surface area (Å²) in [4.78, 5) is 2.64. The minimum atomic E-state index is 0.542. The van der Waals surface area contributed by atoms with Crippen molar-refractivity contribution < 1.29 is 4.74 Å². The molecule has 2 N–H and O–H groups in total. The van der Waals surface area contributed by atoms with Crippen molar-refractivity contribution in [2.24, 2.45) is 18.9 Å². The molecule has 6 nitrogen and oxygen atoms in total. The maximum atomic E-state index is 5.45. The fraction of sp³-hybridized carbons (Fsp3) is 0.583. The summed E-state index contributed by atoms with van der Waals surface area (Å²) >= 11 is 5.45. The number of nitrogens with one attached hydrogen (secondary N) is 2. The van der Waals surface area contributed by atoms with Crippen LogP contribution in [0.5, 0.6) is 5.75 Å². The molecule has 0 saturated carbocycles. The molecule has 3 fully saturated rings. The molecule has 2 aromatic rings. The number of rotatable bonds is 7. The van der Waals surface area contributed by atoms with Crippen molar-refractivity contribution in [3.63, 3.8) is 0 Å². The highest BCUT2D eigenvalue weighted by Gasteiger charge is 2.41. The number of thiocarbonyl (C=S) groups is 1. The highest BCUT2D eigenvalue weighted by molar-refractivity contribution is 7.80. The third-order valence-electron chi connectivity index (χ3n) is 6.73. The number of hydrogen-bond donors (Lipinski definition) is 2. The zero-order chi connectivity index (χ0) is 22.0. The summed E-state index contributed by atoms with van der Waals surface area (Å²) in [5.74, 6) is 2.71. The first-order valence-electron chi connectivity index (χ1n) is 11.4. The zero-order valence-corrected chi connectivity index (χ0v) is 19.9. The summed E-state index contributed by atoms with van der Waals surface area (Å²) < 4.78 is 7.37. The van der Waals surface area contributed by atoms with E-state index in [9.17, 15) is 0 Å². The molecule has 3 saturated heterocycles. The fourth-order valence-corrected chi connectivity index (χ4v) is 5.15. The van der Waals surface area contributed by atoms with Crippen LogP contribution in [0.1, 0.15) is 38.3 Å². The Bertz CT molecular complexity index is 894.